The Balaban J connectivity index is 1.83. The van der Waals surface area contributed by atoms with Crippen LogP contribution in [0.4, 0.5) is 0 Å². The molecule has 0 amide bonds. The number of halogens is 1. The Morgan fingerprint density at radius 1 is 1.13 bits per heavy atom. The molecule has 3 aromatic rings. The molecular weight excluding hydrogens is 456 g/mol. The lowest BCUT2D eigenvalue weighted by Crippen LogP contribution is -2.30. The Morgan fingerprint density at radius 2 is 1.90 bits per heavy atom. The summed E-state index contributed by atoms with van der Waals surface area (Å²) in [5, 5.41) is 4.38. The number of para-hydroxylation sites is 1. The van der Waals surface area contributed by atoms with Crippen molar-refractivity contribution in [2.24, 2.45) is 0 Å². The number of hydrogen-bond donors (Lipinski definition) is 1. The molecule has 1 fully saturated rings. The van der Waals surface area contributed by atoms with Crippen LogP contribution < -0.4 is 5.32 Å². The second-order valence-corrected chi connectivity index (χ2v) is 9.03. The van der Waals surface area contributed by atoms with Gasteiger partial charge < -0.3 is 14.8 Å². The van der Waals surface area contributed by atoms with E-state index in [-0.39, 0.29) is 12.1 Å². The van der Waals surface area contributed by atoms with Gasteiger partial charge in [-0.2, -0.15) is 0 Å². The highest BCUT2D eigenvalue weighted by atomic mass is 79.9. The van der Waals surface area contributed by atoms with E-state index in [1.807, 2.05) is 24.4 Å². The van der Waals surface area contributed by atoms with Gasteiger partial charge >= 0.3 is 0 Å². The van der Waals surface area contributed by atoms with Crippen LogP contribution in [0.3, 0.4) is 0 Å². The van der Waals surface area contributed by atoms with Crippen LogP contribution >= 0.6 is 28.1 Å². The van der Waals surface area contributed by atoms with E-state index >= 15 is 0 Å². The van der Waals surface area contributed by atoms with Crippen molar-refractivity contribution in [3.63, 3.8) is 0 Å². The van der Waals surface area contributed by atoms with Gasteiger partial charge in [0.2, 0.25) is 0 Å². The lowest BCUT2D eigenvalue weighted by molar-refractivity contribution is 0.312. The molecule has 2 atom stereocenters. The number of pyridine rings is 1. The van der Waals surface area contributed by atoms with E-state index in [1.54, 1.807) is 0 Å². The first kappa shape index (κ1) is 21.1. The van der Waals surface area contributed by atoms with Crippen LogP contribution in [0.25, 0.3) is 5.69 Å². The second-order valence-electron chi connectivity index (χ2n) is 7.79. The summed E-state index contributed by atoms with van der Waals surface area (Å²) >= 11 is 9.50. The molecule has 0 bridgehead atoms. The van der Waals surface area contributed by atoms with Gasteiger partial charge in [0.15, 0.2) is 5.11 Å². The minimum Gasteiger partial charge on any atom is -0.352 e. The first-order valence-corrected chi connectivity index (χ1v) is 11.6. The third kappa shape index (κ3) is 3.79. The van der Waals surface area contributed by atoms with Gasteiger partial charge in [0.1, 0.15) is 0 Å². The molecule has 0 spiro atoms. The highest BCUT2D eigenvalue weighted by Crippen LogP contribution is 2.41. The van der Waals surface area contributed by atoms with Crippen molar-refractivity contribution < 1.29 is 0 Å². The average molecular weight is 483 g/mol. The summed E-state index contributed by atoms with van der Waals surface area (Å²) in [6.45, 7) is 7.53. The van der Waals surface area contributed by atoms with Crippen molar-refractivity contribution in [2.75, 3.05) is 6.54 Å². The molecule has 1 N–H and O–H groups in total. The first-order chi connectivity index (χ1) is 14.5. The highest BCUT2D eigenvalue weighted by Gasteiger charge is 2.41. The van der Waals surface area contributed by atoms with E-state index in [2.05, 4.69) is 86.8 Å². The van der Waals surface area contributed by atoms with Crippen LogP contribution in [0, 0.1) is 13.8 Å². The van der Waals surface area contributed by atoms with E-state index in [1.165, 1.54) is 17.0 Å². The maximum atomic E-state index is 5.78. The van der Waals surface area contributed by atoms with Gasteiger partial charge in [-0.3, -0.25) is 4.98 Å². The predicted molar refractivity (Wildman–Crippen MR) is 130 cm³/mol. The van der Waals surface area contributed by atoms with E-state index in [0.29, 0.717) is 0 Å². The van der Waals surface area contributed by atoms with E-state index in [4.69, 9.17) is 12.2 Å². The molecule has 1 saturated heterocycles. The fourth-order valence-corrected chi connectivity index (χ4v) is 5.20. The van der Waals surface area contributed by atoms with Crippen LogP contribution in [0.2, 0.25) is 0 Å². The monoisotopic (exact) mass is 482 g/mol. The number of thiocarbonyl (C=S) groups is 1. The molecule has 0 saturated carbocycles. The maximum absolute atomic E-state index is 5.78. The lowest BCUT2D eigenvalue weighted by atomic mass is 9.96. The third-order valence-electron chi connectivity index (χ3n) is 5.83. The largest absolute Gasteiger partial charge is 0.352 e. The summed E-state index contributed by atoms with van der Waals surface area (Å²) in [4.78, 5) is 7.01. The number of aromatic nitrogens is 2. The van der Waals surface area contributed by atoms with Gasteiger partial charge in [-0.1, -0.05) is 31.5 Å². The van der Waals surface area contributed by atoms with Crippen molar-refractivity contribution in [1.82, 2.24) is 19.8 Å². The molecule has 30 heavy (non-hydrogen) atoms. The van der Waals surface area contributed by atoms with Crippen molar-refractivity contribution in [1.29, 1.82) is 0 Å². The zero-order chi connectivity index (χ0) is 21.3. The lowest BCUT2D eigenvalue weighted by Gasteiger charge is -2.28. The van der Waals surface area contributed by atoms with Crippen LogP contribution in [0.5, 0.6) is 0 Å². The topological polar surface area (TPSA) is 33.1 Å². The van der Waals surface area contributed by atoms with E-state index < -0.39 is 0 Å². The Morgan fingerprint density at radius 3 is 2.60 bits per heavy atom. The summed E-state index contributed by atoms with van der Waals surface area (Å²) in [7, 11) is 0. The Kier molecular flexibility index (Phi) is 6.25. The minimum absolute atomic E-state index is 0.0312. The van der Waals surface area contributed by atoms with Crippen LogP contribution in [0.15, 0.2) is 59.2 Å². The molecule has 2 aromatic heterocycles. The summed E-state index contributed by atoms with van der Waals surface area (Å²) in [5.41, 5.74) is 5.92. The summed E-state index contributed by atoms with van der Waals surface area (Å²) in [5.74, 6) is 0. The predicted octanol–water partition coefficient (Wildman–Crippen LogP) is 6.02. The van der Waals surface area contributed by atoms with Gasteiger partial charge in [0, 0.05) is 28.6 Å². The zero-order valence-corrected chi connectivity index (χ0v) is 20.0. The normalized spacial score (nSPS) is 18.7. The molecule has 156 valence electrons. The molecule has 3 heterocycles. The van der Waals surface area contributed by atoms with E-state index in [0.717, 1.165) is 40.4 Å². The molecule has 1 aromatic carbocycles. The standard InChI is InChI=1S/C24H27BrN4S/c1-4-5-14-28-23(22(27-24(28)30)20-11-8-9-13-26-20)18-15-16(2)29(17(18)3)21-12-7-6-10-19(21)25/h6-13,15,22-23H,4-5,14H2,1-3H3,(H,27,30)/t22-,23-/m1/s1. The molecule has 1 aliphatic heterocycles. The van der Waals surface area contributed by atoms with Crippen molar-refractivity contribution in [2.45, 2.75) is 45.7 Å². The van der Waals surface area contributed by atoms with Crippen molar-refractivity contribution in [3.05, 3.63) is 81.8 Å². The number of nitrogens with zero attached hydrogens (tertiary/aromatic N) is 3. The van der Waals surface area contributed by atoms with E-state index in [9.17, 15) is 0 Å². The highest BCUT2D eigenvalue weighted by molar-refractivity contribution is 9.10. The molecular formula is C24H27BrN4S. The molecule has 0 aliphatic carbocycles. The molecule has 0 radical (unpaired) electrons. The third-order valence-corrected chi connectivity index (χ3v) is 6.86. The van der Waals surface area contributed by atoms with Gasteiger partial charge in [0.05, 0.1) is 23.5 Å². The number of unbranched alkanes of at least 4 members (excludes halogenated alkanes) is 1. The number of benzene rings is 1. The smallest absolute Gasteiger partial charge is 0.170 e. The Hall–Kier alpha value is -2.18. The maximum Gasteiger partial charge on any atom is 0.170 e. The number of nitrogens with one attached hydrogen (secondary N) is 1. The molecule has 4 nitrogen and oxygen atoms in total. The number of aryl methyl sites for hydroxylation is 1. The minimum atomic E-state index is 0.0312. The van der Waals surface area contributed by atoms with Crippen LogP contribution in [-0.2, 0) is 0 Å². The van der Waals surface area contributed by atoms with Gasteiger partial charge in [-0.15, -0.1) is 0 Å². The van der Waals surface area contributed by atoms with Crippen LogP contribution in [-0.4, -0.2) is 26.1 Å². The van der Waals surface area contributed by atoms with Gasteiger partial charge in [0.25, 0.3) is 0 Å². The quantitative estimate of drug-likeness (QED) is 0.435. The molecule has 0 unspecified atom stereocenters. The van der Waals surface area contributed by atoms with Gasteiger partial charge in [-0.05, 0) is 84.3 Å². The molecule has 1 aliphatic rings. The van der Waals surface area contributed by atoms with Crippen molar-refractivity contribution >= 4 is 33.3 Å². The number of hydrogen-bond acceptors (Lipinski definition) is 2. The number of rotatable bonds is 6. The first-order valence-electron chi connectivity index (χ1n) is 10.4. The summed E-state index contributed by atoms with van der Waals surface area (Å²) < 4.78 is 3.41. The fraction of sp³-hybridized carbons (Fsp3) is 0.333. The van der Waals surface area contributed by atoms with Gasteiger partial charge in [-0.25, -0.2) is 0 Å². The Labute approximate surface area is 192 Å². The summed E-state index contributed by atoms with van der Waals surface area (Å²) in [6.07, 6.45) is 4.10. The van der Waals surface area contributed by atoms with Crippen LogP contribution in [0.1, 0.15) is 54.5 Å². The average Bonchev–Trinajstić information content (AvgIpc) is 3.23. The molecule has 4 rings (SSSR count). The SMILES string of the molecule is CCCCN1C(=S)N[C@H](c2ccccn2)[C@H]1c1cc(C)n(-c2ccccc2Br)c1C. The summed E-state index contributed by atoms with van der Waals surface area (Å²) in [6, 6.07) is 16.9. The second kappa shape index (κ2) is 8.90. The fourth-order valence-electron chi connectivity index (χ4n) is 4.40. The molecule has 6 heteroatoms. The zero-order valence-electron chi connectivity index (χ0n) is 17.6. The Bertz CT molecular complexity index is 1050. The van der Waals surface area contributed by atoms with Crippen molar-refractivity contribution in [3.8, 4) is 5.69 Å².